The van der Waals surface area contributed by atoms with E-state index in [9.17, 15) is 4.79 Å². The summed E-state index contributed by atoms with van der Waals surface area (Å²) in [6, 6.07) is 8.78. The van der Waals surface area contributed by atoms with Crippen LogP contribution in [-0.2, 0) is 4.79 Å². The minimum absolute atomic E-state index is 0.144. The van der Waals surface area contributed by atoms with Crippen molar-refractivity contribution < 1.29 is 4.79 Å². The van der Waals surface area contributed by atoms with Crippen LogP contribution < -0.4 is 5.01 Å². The summed E-state index contributed by atoms with van der Waals surface area (Å²) >= 11 is 0. The first-order valence-electron chi connectivity index (χ1n) is 7.26. The van der Waals surface area contributed by atoms with Crippen LogP contribution in [0.25, 0.3) is 11.0 Å². The Labute approximate surface area is 132 Å². The molecule has 0 saturated carbocycles. The Morgan fingerprint density at radius 2 is 1.87 bits per heavy atom. The molecule has 0 fully saturated rings. The summed E-state index contributed by atoms with van der Waals surface area (Å²) in [5.41, 5.74) is 2.89. The number of para-hydroxylation sites is 1. The Morgan fingerprint density at radius 1 is 1.09 bits per heavy atom. The fourth-order valence-electron chi connectivity index (χ4n) is 2.76. The maximum Gasteiger partial charge on any atom is 0.278 e. The number of carbonyl (C=O) groups is 1. The molecule has 1 aliphatic rings. The van der Waals surface area contributed by atoms with Gasteiger partial charge in [-0.3, -0.25) is 4.79 Å². The first-order chi connectivity index (χ1) is 11.2. The Morgan fingerprint density at radius 3 is 2.65 bits per heavy atom. The third-order valence-electron chi connectivity index (χ3n) is 3.93. The average molecular weight is 306 g/mol. The molecule has 0 N–H and O–H groups in total. The number of aryl methyl sites for hydroxylation is 1. The van der Waals surface area contributed by atoms with Crippen molar-refractivity contribution in [2.24, 2.45) is 5.10 Å². The average Bonchev–Trinajstić information content (AvgIpc) is 3.10. The number of fused-ring (bicyclic) bond motifs is 1. The number of nitrogens with zero attached hydrogens (tertiary/aromatic N) is 6. The number of anilines is 1. The van der Waals surface area contributed by atoms with E-state index in [-0.39, 0.29) is 5.91 Å². The van der Waals surface area contributed by atoms with Gasteiger partial charge in [0.05, 0.1) is 28.7 Å². The highest BCUT2D eigenvalue weighted by atomic mass is 16.2. The lowest BCUT2D eigenvalue weighted by atomic mass is 10.2. The van der Waals surface area contributed by atoms with Crippen LogP contribution in [0.3, 0.4) is 0 Å². The first-order valence-corrected chi connectivity index (χ1v) is 7.26. The lowest BCUT2D eigenvalue weighted by Crippen LogP contribution is -2.30. The van der Waals surface area contributed by atoms with Crippen molar-refractivity contribution in [2.45, 2.75) is 19.9 Å². The van der Waals surface area contributed by atoms with Crippen molar-refractivity contribution in [2.75, 3.05) is 5.01 Å². The molecule has 23 heavy (non-hydrogen) atoms. The predicted molar refractivity (Wildman–Crippen MR) is 86.1 cm³/mol. The van der Waals surface area contributed by atoms with E-state index in [0.717, 1.165) is 16.8 Å². The van der Waals surface area contributed by atoms with Gasteiger partial charge in [0.25, 0.3) is 5.91 Å². The maximum absolute atomic E-state index is 12.9. The quantitative estimate of drug-likeness (QED) is 0.726. The van der Waals surface area contributed by atoms with Crippen LogP contribution in [0.1, 0.15) is 18.7 Å². The van der Waals surface area contributed by atoms with Gasteiger partial charge in [0.2, 0.25) is 0 Å². The first kappa shape index (κ1) is 13.6. The van der Waals surface area contributed by atoms with Gasteiger partial charge in [-0.05, 0) is 26.0 Å². The van der Waals surface area contributed by atoms with Gasteiger partial charge >= 0.3 is 0 Å². The van der Waals surface area contributed by atoms with Crippen molar-refractivity contribution in [3.63, 3.8) is 0 Å². The Balaban J connectivity index is 1.79. The molecule has 0 radical (unpaired) electrons. The van der Waals surface area contributed by atoms with Crippen LogP contribution in [0.15, 0.2) is 48.0 Å². The highest BCUT2D eigenvalue weighted by molar-refractivity contribution is 6.16. The van der Waals surface area contributed by atoms with Crippen LogP contribution in [-0.4, -0.2) is 31.4 Å². The molecule has 7 heteroatoms. The van der Waals surface area contributed by atoms with Crippen LogP contribution in [0.4, 0.5) is 5.69 Å². The molecule has 0 aliphatic carbocycles. The number of hydrogen-bond acceptors (Lipinski definition) is 5. The fraction of sp³-hybridized carbons (Fsp3) is 0.188. The molecule has 1 aliphatic heterocycles. The second kappa shape index (κ2) is 4.98. The van der Waals surface area contributed by atoms with Gasteiger partial charge in [-0.1, -0.05) is 18.2 Å². The molecule has 1 atom stereocenters. The fourth-order valence-corrected chi connectivity index (χ4v) is 2.76. The largest absolute Gasteiger partial charge is 0.278 e. The van der Waals surface area contributed by atoms with Gasteiger partial charge in [0.15, 0.2) is 11.7 Å². The third kappa shape index (κ3) is 2.01. The molecule has 4 rings (SSSR count). The van der Waals surface area contributed by atoms with Crippen LogP contribution in [0.5, 0.6) is 0 Å². The number of hydrogen-bond donors (Lipinski definition) is 0. The van der Waals surface area contributed by atoms with Crippen LogP contribution in [0, 0.1) is 6.92 Å². The summed E-state index contributed by atoms with van der Waals surface area (Å²) in [4.78, 5) is 21.3. The second-order valence-corrected chi connectivity index (χ2v) is 5.42. The van der Waals surface area contributed by atoms with Crippen molar-refractivity contribution in [1.82, 2.24) is 19.7 Å². The number of hydrazone groups is 1. The molecular weight excluding hydrogens is 292 g/mol. The number of rotatable bonds is 2. The molecule has 2 aromatic heterocycles. The van der Waals surface area contributed by atoms with E-state index in [0.29, 0.717) is 11.4 Å². The summed E-state index contributed by atoms with van der Waals surface area (Å²) in [6.45, 7) is 3.72. The summed E-state index contributed by atoms with van der Waals surface area (Å²) < 4.78 is 1.62. The highest BCUT2D eigenvalue weighted by Crippen LogP contribution is 2.28. The lowest BCUT2D eigenvalue weighted by Gasteiger charge is -2.14. The van der Waals surface area contributed by atoms with E-state index in [1.165, 1.54) is 11.3 Å². The Bertz CT molecular complexity index is 930. The number of amides is 1. The van der Waals surface area contributed by atoms with Gasteiger partial charge in [-0.15, -0.1) is 0 Å². The molecule has 1 unspecified atom stereocenters. The zero-order valence-electron chi connectivity index (χ0n) is 12.7. The molecule has 0 saturated heterocycles. The lowest BCUT2D eigenvalue weighted by molar-refractivity contribution is -0.119. The Kier molecular flexibility index (Phi) is 2.94. The zero-order valence-corrected chi connectivity index (χ0v) is 12.7. The number of benzene rings is 1. The smallest absolute Gasteiger partial charge is 0.270 e. The monoisotopic (exact) mass is 306 g/mol. The van der Waals surface area contributed by atoms with E-state index in [1.807, 2.05) is 44.2 Å². The molecule has 7 nitrogen and oxygen atoms in total. The molecule has 1 amide bonds. The molecule has 3 aromatic rings. The summed E-state index contributed by atoms with van der Waals surface area (Å²) in [5, 5.41) is 11.0. The molecule has 0 bridgehead atoms. The van der Waals surface area contributed by atoms with E-state index in [1.54, 1.807) is 10.9 Å². The minimum atomic E-state index is -0.581. The van der Waals surface area contributed by atoms with Crippen molar-refractivity contribution >= 4 is 28.3 Å². The molecule has 3 heterocycles. The summed E-state index contributed by atoms with van der Waals surface area (Å²) in [6.07, 6.45) is 3.17. The Hall–Kier alpha value is -3.09. The number of carbonyl (C=O) groups excluding carboxylic acids is 1. The summed E-state index contributed by atoms with van der Waals surface area (Å²) in [5.74, 6) is -0.144. The van der Waals surface area contributed by atoms with Gasteiger partial charge in [-0.2, -0.15) is 15.2 Å². The van der Waals surface area contributed by atoms with Crippen molar-refractivity contribution in [3.8, 4) is 0 Å². The van der Waals surface area contributed by atoms with Crippen LogP contribution >= 0.6 is 0 Å². The topological polar surface area (TPSA) is 76.3 Å². The normalized spacial score (nSPS) is 17.8. The SMILES string of the molecule is CC1=NN(c2ccccc2)C(=O)C1n1ncc2c(C)ncnc21. The summed E-state index contributed by atoms with van der Waals surface area (Å²) in [7, 11) is 0. The number of aromatic nitrogens is 4. The van der Waals surface area contributed by atoms with Gasteiger partial charge in [0, 0.05) is 0 Å². The maximum atomic E-state index is 12.9. The predicted octanol–water partition coefficient (Wildman–Crippen LogP) is 2.10. The second-order valence-electron chi connectivity index (χ2n) is 5.42. The van der Waals surface area contributed by atoms with E-state index >= 15 is 0 Å². The van der Waals surface area contributed by atoms with Crippen LogP contribution in [0.2, 0.25) is 0 Å². The minimum Gasteiger partial charge on any atom is -0.270 e. The molecular formula is C16H14N6O. The van der Waals surface area contributed by atoms with Gasteiger partial charge < -0.3 is 0 Å². The molecule has 0 spiro atoms. The molecule has 1 aromatic carbocycles. The highest BCUT2D eigenvalue weighted by Gasteiger charge is 2.37. The van der Waals surface area contributed by atoms with Crippen molar-refractivity contribution in [1.29, 1.82) is 0 Å². The standard InChI is InChI=1S/C16H14N6O/c1-10-13-8-19-22(15(13)18-9-17-10)14-11(2)20-21(16(14)23)12-6-4-3-5-7-12/h3-9,14H,1-2H3. The van der Waals surface area contributed by atoms with Gasteiger partial charge in [-0.25, -0.2) is 14.6 Å². The van der Waals surface area contributed by atoms with Crippen molar-refractivity contribution in [3.05, 3.63) is 48.5 Å². The van der Waals surface area contributed by atoms with E-state index < -0.39 is 6.04 Å². The molecule has 114 valence electrons. The van der Waals surface area contributed by atoms with E-state index in [4.69, 9.17) is 0 Å². The third-order valence-corrected chi connectivity index (χ3v) is 3.93. The zero-order chi connectivity index (χ0) is 16.0. The van der Waals surface area contributed by atoms with Gasteiger partial charge in [0.1, 0.15) is 6.33 Å². The van der Waals surface area contributed by atoms with E-state index in [2.05, 4.69) is 20.2 Å².